The quantitative estimate of drug-likeness (QED) is 0.511. The van der Waals surface area contributed by atoms with E-state index < -0.39 is 28.7 Å². The SMILES string of the molecule is Cc1ccc(C)c(N(CC(=O)N(Cc2ccccc2)[C@H](C)C(=O)NCC(C)C)S(=O)(=O)N(C)C)c1. The molecule has 0 radical (unpaired) electrons. The first-order chi connectivity index (χ1) is 16.3. The first kappa shape index (κ1) is 28.3. The maximum absolute atomic E-state index is 13.7. The molecule has 0 aliphatic carbocycles. The molecule has 192 valence electrons. The largest absolute Gasteiger partial charge is 0.354 e. The molecular weight excluding hydrogens is 464 g/mol. The fourth-order valence-corrected chi connectivity index (χ4v) is 4.62. The second-order valence-corrected chi connectivity index (χ2v) is 11.5. The van der Waals surface area contributed by atoms with Crippen LogP contribution in [0.5, 0.6) is 0 Å². The highest BCUT2D eigenvalue weighted by molar-refractivity contribution is 7.90. The Morgan fingerprint density at radius 3 is 2.17 bits per heavy atom. The second kappa shape index (κ2) is 12.2. The van der Waals surface area contributed by atoms with Gasteiger partial charge in [0.05, 0.1) is 5.69 Å². The molecule has 2 aromatic carbocycles. The van der Waals surface area contributed by atoms with Gasteiger partial charge in [0, 0.05) is 27.2 Å². The average Bonchev–Trinajstić information content (AvgIpc) is 2.80. The molecule has 35 heavy (non-hydrogen) atoms. The molecule has 2 rings (SSSR count). The molecule has 0 aliphatic heterocycles. The van der Waals surface area contributed by atoms with E-state index in [1.54, 1.807) is 19.9 Å². The molecule has 1 N–H and O–H groups in total. The van der Waals surface area contributed by atoms with Gasteiger partial charge in [-0.15, -0.1) is 0 Å². The fourth-order valence-electron chi connectivity index (χ4n) is 3.51. The third-order valence-electron chi connectivity index (χ3n) is 5.70. The predicted octanol–water partition coefficient (Wildman–Crippen LogP) is 3.11. The van der Waals surface area contributed by atoms with Gasteiger partial charge in [-0.25, -0.2) is 4.31 Å². The summed E-state index contributed by atoms with van der Waals surface area (Å²) in [6, 6.07) is 14.0. The monoisotopic (exact) mass is 502 g/mol. The third-order valence-corrected chi connectivity index (χ3v) is 7.51. The van der Waals surface area contributed by atoms with Crippen molar-refractivity contribution in [3.05, 3.63) is 65.2 Å². The van der Waals surface area contributed by atoms with Crippen LogP contribution in [0.2, 0.25) is 0 Å². The van der Waals surface area contributed by atoms with Crippen molar-refractivity contribution in [2.45, 2.75) is 47.2 Å². The smallest absolute Gasteiger partial charge is 0.304 e. The van der Waals surface area contributed by atoms with E-state index >= 15 is 0 Å². The minimum absolute atomic E-state index is 0.179. The van der Waals surface area contributed by atoms with Crippen molar-refractivity contribution >= 4 is 27.7 Å². The molecule has 1 atom stereocenters. The molecule has 0 spiro atoms. The average molecular weight is 503 g/mol. The summed E-state index contributed by atoms with van der Waals surface area (Å²) in [5.74, 6) is -0.487. The zero-order valence-electron chi connectivity index (χ0n) is 21.8. The van der Waals surface area contributed by atoms with E-state index in [2.05, 4.69) is 5.32 Å². The number of aryl methyl sites for hydroxylation is 2. The highest BCUT2D eigenvalue weighted by atomic mass is 32.2. The number of nitrogens with zero attached hydrogens (tertiary/aromatic N) is 3. The van der Waals surface area contributed by atoms with Gasteiger partial charge in [-0.1, -0.05) is 56.3 Å². The van der Waals surface area contributed by atoms with Crippen molar-refractivity contribution in [3.8, 4) is 0 Å². The molecule has 8 nitrogen and oxygen atoms in total. The summed E-state index contributed by atoms with van der Waals surface area (Å²) in [6.45, 7) is 9.56. The maximum atomic E-state index is 13.7. The minimum atomic E-state index is -3.98. The van der Waals surface area contributed by atoms with E-state index in [9.17, 15) is 18.0 Å². The second-order valence-electron chi connectivity index (χ2n) is 9.41. The number of rotatable bonds is 11. The van der Waals surface area contributed by atoms with Crippen molar-refractivity contribution < 1.29 is 18.0 Å². The number of hydrogen-bond donors (Lipinski definition) is 1. The van der Waals surface area contributed by atoms with Crippen LogP contribution in [0.1, 0.15) is 37.5 Å². The lowest BCUT2D eigenvalue weighted by Crippen LogP contribution is -2.52. The molecule has 0 saturated heterocycles. The van der Waals surface area contributed by atoms with Gasteiger partial charge in [0.2, 0.25) is 11.8 Å². The Labute approximate surface area is 210 Å². The number of carbonyl (C=O) groups excluding carboxylic acids is 2. The Hall–Kier alpha value is -2.91. The van der Waals surface area contributed by atoms with Crippen molar-refractivity contribution in [2.75, 3.05) is 31.5 Å². The number of amides is 2. The molecule has 0 heterocycles. The minimum Gasteiger partial charge on any atom is -0.354 e. The Kier molecular flexibility index (Phi) is 9.85. The normalized spacial score (nSPS) is 12.5. The van der Waals surface area contributed by atoms with E-state index in [-0.39, 0.29) is 18.4 Å². The molecular formula is C26H38N4O4S. The van der Waals surface area contributed by atoms with Crippen LogP contribution >= 0.6 is 0 Å². The van der Waals surface area contributed by atoms with Gasteiger partial charge in [0.15, 0.2) is 0 Å². The lowest BCUT2D eigenvalue weighted by molar-refractivity contribution is -0.139. The lowest BCUT2D eigenvalue weighted by Gasteiger charge is -2.33. The van der Waals surface area contributed by atoms with Crippen LogP contribution in [-0.2, 0) is 26.3 Å². The van der Waals surface area contributed by atoms with Crippen molar-refractivity contribution in [1.82, 2.24) is 14.5 Å². The highest BCUT2D eigenvalue weighted by Gasteiger charge is 2.33. The molecule has 0 unspecified atom stereocenters. The van der Waals surface area contributed by atoms with Gasteiger partial charge in [-0.05, 0) is 49.4 Å². The molecule has 0 bridgehead atoms. The molecule has 2 amide bonds. The van der Waals surface area contributed by atoms with Crippen LogP contribution in [0.25, 0.3) is 0 Å². The van der Waals surface area contributed by atoms with Gasteiger partial charge in [-0.2, -0.15) is 12.7 Å². The van der Waals surface area contributed by atoms with Crippen LogP contribution in [0.15, 0.2) is 48.5 Å². The van der Waals surface area contributed by atoms with E-state index in [0.29, 0.717) is 12.2 Å². The fraction of sp³-hybridized carbons (Fsp3) is 0.462. The van der Waals surface area contributed by atoms with Crippen LogP contribution in [0, 0.1) is 19.8 Å². The van der Waals surface area contributed by atoms with Gasteiger partial charge < -0.3 is 10.2 Å². The summed E-state index contributed by atoms with van der Waals surface area (Å²) in [7, 11) is -1.12. The zero-order chi connectivity index (χ0) is 26.3. The summed E-state index contributed by atoms with van der Waals surface area (Å²) >= 11 is 0. The molecule has 0 aromatic heterocycles. The Morgan fingerprint density at radius 1 is 0.971 bits per heavy atom. The van der Waals surface area contributed by atoms with Crippen LogP contribution in [0.3, 0.4) is 0 Å². The van der Waals surface area contributed by atoms with Crippen LogP contribution in [0.4, 0.5) is 5.69 Å². The van der Waals surface area contributed by atoms with Gasteiger partial charge in [-0.3, -0.25) is 9.59 Å². The topological polar surface area (TPSA) is 90.0 Å². The summed E-state index contributed by atoms with van der Waals surface area (Å²) < 4.78 is 28.8. The molecule has 0 aliphatic rings. The third kappa shape index (κ3) is 7.53. The number of carbonyl (C=O) groups is 2. The van der Waals surface area contributed by atoms with Gasteiger partial charge >= 0.3 is 10.2 Å². The van der Waals surface area contributed by atoms with Crippen LogP contribution < -0.4 is 9.62 Å². The Morgan fingerprint density at radius 2 is 1.60 bits per heavy atom. The van der Waals surface area contributed by atoms with E-state index in [1.807, 2.05) is 63.2 Å². The lowest BCUT2D eigenvalue weighted by atomic mass is 10.1. The number of benzene rings is 2. The van der Waals surface area contributed by atoms with Crippen LogP contribution in [-0.4, -0.2) is 62.7 Å². The predicted molar refractivity (Wildman–Crippen MR) is 140 cm³/mol. The zero-order valence-corrected chi connectivity index (χ0v) is 22.6. The Balaban J connectivity index is 2.46. The number of nitrogens with one attached hydrogen (secondary N) is 1. The maximum Gasteiger partial charge on any atom is 0.304 e. The summed E-state index contributed by atoms with van der Waals surface area (Å²) in [6.07, 6.45) is 0. The van der Waals surface area contributed by atoms with E-state index in [1.165, 1.54) is 19.0 Å². The molecule has 9 heteroatoms. The first-order valence-corrected chi connectivity index (χ1v) is 13.1. The standard InChI is InChI=1S/C26H38N4O4S/c1-19(2)16-27-26(32)22(5)29(17-23-11-9-8-10-12-23)25(31)18-30(35(33,34)28(6)7)24-15-20(3)13-14-21(24)4/h8-15,19,22H,16-18H2,1-7H3,(H,27,32)/t22-/m1/s1. The molecule has 2 aromatic rings. The van der Waals surface area contributed by atoms with E-state index in [4.69, 9.17) is 0 Å². The van der Waals surface area contributed by atoms with Gasteiger partial charge in [0.25, 0.3) is 0 Å². The molecule has 0 saturated carbocycles. The van der Waals surface area contributed by atoms with Crippen molar-refractivity contribution in [1.29, 1.82) is 0 Å². The number of anilines is 1. The van der Waals surface area contributed by atoms with Crippen molar-refractivity contribution in [3.63, 3.8) is 0 Å². The number of hydrogen-bond acceptors (Lipinski definition) is 4. The highest BCUT2D eigenvalue weighted by Crippen LogP contribution is 2.26. The van der Waals surface area contributed by atoms with E-state index in [0.717, 1.165) is 25.3 Å². The first-order valence-electron chi connectivity index (χ1n) is 11.7. The molecule has 0 fully saturated rings. The van der Waals surface area contributed by atoms with Gasteiger partial charge in [0.1, 0.15) is 12.6 Å². The Bertz CT molecular complexity index is 1120. The van der Waals surface area contributed by atoms with Crippen molar-refractivity contribution in [2.24, 2.45) is 5.92 Å². The summed E-state index contributed by atoms with van der Waals surface area (Å²) in [4.78, 5) is 28.0. The summed E-state index contributed by atoms with van der Waals surface area (Å²) in [5.41, 5.74) is 2.88. The summed E-state index contributed by atoms with van der Waals surface area (Å²) in [5, 5.41) is 2.88.